The van der Waals surface area contributed by atoms with Crippen LogP contribution in [0.1, 0.15) is 32.1 Å². The van der Waals surface area contributed by atoms with Gasteiger partial charge in [-0.2, -0.15) is 0 Å². The van der Waals surface area contributed by atoms with Crippen LogP contribution in [0.25, 0.3) is 11.0 Å². The molecule has 1 aliphatic carbocycles. The molecule has 1 saturated carbocycles. The Morgan fingerprint density at radius 2 is 2.08 bits per heavy atom. The highest BCUT2D eigenvalue weighted by molar-refractivity contribution is 5.88. The van der Waals surface area contributed by atoms with Crippen LogP contribution in [-0.4, -0.2) is 42.2 Å². The van der Waals surface area contributed by atoms with Crippen LogP contribution >= 0.6 is 0 Å². The fourth-order valence-corrected chi connectivity index (χ4v) is 3.58. The number of nitrogens with zero attached hydrogens (tertiary/aromatic N) is 1. The van der Waals surface area contributed by atoms with Crippen molar-refractivity contribution in [3.63, 3.8) is 0 Å². The largest absolute Gasteiger partial charge is 0.487 e. The van der Waals surface area contributed by atoms with Gasteiger partial charge in [-0.15, -0.1) is 0 Å². The summed E-state index contributed by atoms with van der Waals surface area (Å²) in [6.07, 6.45) is 4.32. The number of hydrogen-bond donors (Lipinski definition) is 2. The van der Waals surface area contributed by atoms with Gasteiger partial charge in [-0.3, -0.25) is 0 Å². The summed E-state index contributed by atoms with van der Waals surface area (Å²) in [6, 6.07) is 5.63. The van der Waals surface area contributed by atoms with Crippen LogP contribution in [-0.2, 0) is 0 Å². The van der Waals surface area contributed by atoms with E-state index in [2.05, 4.69) is 10.5 Å². The first-order chi connectivity index (χ1) is 11.8. The quantitative estimate of drug-likeness (QED) is 0.876. The van der Waals surface area contributed by atoms with E-state index in [4.69, 9.17) is 14.0 Å². The summed E-state index contributed by atoms with van der Waals surface area (Å²) in [6.45, 7) is 2.73. The van der Waals surface area contributed by atoms with E-state index in [0.717, 1.165) is 50.6 Å². The molecule has 1 aromatic heterocycles. The Morgan fingerprint density at radius 3 is 2.88 bits per heavy atom. The van der Waals surface area contributed by atoms with E-state index in [-0.39, 0.29) is 6.10 Å². The monoisotopic (exact) mass is 332 g/mol. The molecular weight excluding hydrogens is 308 g/mol. The van der Waals surface area contributed by atoms with E-state index in [1.54, 1.807) is 0 Å². The lowest BCUT2D eigenvalue weighted by atomic mass is 9.99. The van der Waals surface area contributed by atoms with Crippen molar-refractivity contribution in [3.05, 3.63) is 18.2 Å². The Kier molecular flexibility index (Phi) is 4.58. The van der Waals surface area contributed by atoms with Gasteiger partial charge in [0, 0.05) is 0 Å². The van der Waals surface area contributed by atoms with Gasteiger partial charge in [-0.1, -0.05) is 6.07 Å². The van der Waals surface area contributed by atoms with Gasteiger partial charge in [0.2, 0.25) is 0 Å². The second-order valence-corrected chi connectivity index (χ2v) is 6.78. The first kappa shape index (κ1) is 15.7. The van der Waals surface area contributed by atoms with Gasteiger partial charge in [-0.25, -0.2) is 0 Å². The van der Waals surface area contributed by atoms with Gasteiger partial charge in [-0.05, 0) is 68.4 Å². The fourth-order valence-electron chi connectivity index (χ4n) is 3.58. The maximum absolute atomic E-state index is 10.0. The molecule has 0 spiro atoms. The smallest absolute Gasteiger partial charge is 0.265 e. The predicted octanol–water partition coefficient (Wildman–Crippen LogP) is 2.50. The first-order valence-corrected chi connectivity index (χ1v) is 8.88. The van der Waals surface area contributed by atoms with Crippen molar-refractivity contribution in [3.8, 4) is 11.6 Å². The highest BCUT2D eigenvalue weighted by Gasteiger charge is 2.28. The molecule has 2 fully saturated rings. The minimum Gasteiger partial charge on any atom is -0.487 e. The van der Waals surface area contributed by atoms with Gasteiger partial charge in [0.1, 0.15) is 17.2 Å². The zero-order valence-corrected chi connectivity index (χ0v) is 13.7. The second-order valence-electron chi connectivity index (χ2n) is 6.78. The number of aliphatic hydroxyl groups is 1. The molecule has 0 bridgehead atoms. The molecule has 1 aliphatic heterocycles. The number of rotatable bonds is 5. The first-order valence-electron chi connectivity index (χ1n) is 8.88. The number of aromatic nitrogens is 1. The molecule has 0 unspecified atom stereocenters. The second kappa shape index (κ2) is 6.99. The molecule has 4 rings (SSSR count). The molecular formula is C18H24N2O4. The van der Waals surface area contributed by atoms with Gasteiger partial charge in [0.15, 0.2) is 5.58 Å². The lowest BCUT2D eigenvalue weighted by Gasteiger charge is -2.22. The normalized spacial score (nSPS) is 25.2. The summed E-state index contributed by atoms with van der Waals surface area (Å²) >= 11 is 0. The number of ether oxygens (including phenoxy) is 2. The molecule has 0 radical (unpaired) electrons. The van der Waals surface area contributed by atoms with Crippen molar-refractivity contribution < 1.29 is 19.1 Å². The van der Waals surface area contributed by atoms with Crippen molar-refractivity contribution in [1.82, 2.24) is 10.5 Å². The number of nitrogens with one attached hydrogen (secondary N) is 1. The zero-order chi connectivity index (χ0) is 16.4. The average molecular weight is 332 g/mol. The summed E-state index contributed by atoms with van der Waals surface area (Å²) in [5.74, 6) is 1.72. The summed E-state index contributed by atoms with van der Waals surface area (Å²) in [7, 11) is 0. The zero-order valence-electron chi connectivity index (χ0n) is 13.7. The Balaban J connectivity index is 1.52. The molecule has 2 N–H and O–H groups in total. The Morgan fingerprint density at radius 1 is 1.21 bits per heavy atom. The van der Waals surface area contributed by atoms with Crippen molar-refractivity contribution in [2.24, 2.45) is 5.92 Å². The third-order valence-electron chi connectivity index (χ3n) is 5.04. The molecule has 1 saturated heterocycles. The molecule has 2 aromatic rings. The van der Waals surface area contributed by atoms with Crippen molar-refractivity contribution in [2.75, 3.05) is 19.7 Å². The average Bonchev–Trinajstić information content (AvgIpc) is 3.21. The lowest BCUT2D eigenvalue weighted by Crippen LogP contribution is -2.30. The lowest BCUT2D eigenvalue weighted by molar-refractivity contribution is 0.0612. The highest BCUT2D eigenvalue weighted by Crippen LogP contribution is 2.36. The van der Waals surface area contributed by atoms with Gasteiger partial charge < -0.3 is 24.4 Å². The van der Waals surface area contributed by atoms with Crippen LogP contribution in [0.4, 0.5) is 0 Å². The molecule has 0 amide bonds. The Labute approximate surface area is 141 Å². The predicted molar refractivity (Wildman–Crippen MR) is 89.4 cm³/mol. The number of fused-ring (bicyclic) bond motifs is 1. The number of hydrogen-bond acceptors (Lipinski definition) is 6. The van der Waals surface area contributed by atoms with E-state index >= 15 is 0 Å². The van der Waals surface area contributed by atoms with Gasteiger partial charge in [0.25, 0.3) is 5.88 Å². The van der Waals surface area contributed by atoms with E-state index in [1.807, 2.05) is 18.2 Å². The van der Waals surface area contributed by atoms with E-state index in [1.165, 1.54) is 0 Å². The molecule has 6 nitrogen and oxygen atoms in total. The topological polar surface area (TPSA) is 76.8 Å². The summed E-state index contributed by atoms with van der Waals surface area (Å²) in [5, 5.41) is 18.2. The summed E-state index contributed by atoms with van der Waals surface area (Å²) < 4.78 is 17.4. The molecule has 2 heterocycles. The maximum atomic E-state index is 10.0. The Bertz CT molecular complexity index is 681. The molecule has 1 aromatic carbocycles. The van der Waals surface area contributed by atoms with Crippen molar-refractivity contribution in [1.29, 1.82) is 0 Å². The number of aliphatic hydroxyl groups excluding tert-OH is 1. The van der Waals surface area contributed by atoms with Crippen molar-refractivity contribution in [2.45, 2.75) is 44.3 Å². The van der Waals surface area contributed by atoms with Crippen LogP contribution in [0.2, 0.25) is 0 Å². The molecule has 6 heteroatoms. The number of piperidine rings is 1. The van der Waals surface area contributed by atoms with Crippen molar-refractivity contribution >= 4 is 11.0 Å². The summed E-state index contributed by atoms with van der Waals surface area (Å²) in [4.78, 5) is 0. The minimum absolute atomic E-state index is 0.164. The highest BCUT2D eigenvalue weighted by atomic mass is 16.5. The third kappa shape index (κ3) is 3.21. The summed E-state index contributed by atoms with van der Waals surface area (Å²) in [5.41, 5.74) is 0.653. The van der Waals surface area contributed by atoms with E-state index in [0.29, 0.717) is 29.7 Å². The molecule has 24 heavy (non-hydrogen) atoms. The third-order valence-corrected chi connectivity index (χ3v) is 5.04. The molecule has 2 aliphatic rings. The van der Waals surface area contributed by atoms with Gasteiger partial charge >= 0.3 is 0 Å². The standard InChI is InChI=1S/C18H24N2O4/c21-13-3-1-4-14(13)23-15-5-2-6-16-17(15)18(20-24-16)22-11-12-7-9-19-10-8-12/h2,5-6,12-14,19,21H,1,3-4,7-11H2/t13-,14-/m1/s1. The van der Waals surface area contributed by atoms with Crippen LogP contribution in [0, 0.1) is 5.92 Å². The van der Waals surface area contributed by atoms with Crippen LogP contribution in [0.3, 0.4) is 0 Å². The minimum atomic E-state index is -0.403. The van der Waals surface area contributed by atoms with Crippen LogP contribution < -0.4 is 14.8 Å². The fraction of sp³-hybridized carbons (Fsp3) is 0.611. The molecule has 130 valence electrons. The number of benzene rings is 1. The SMILES string of the molecule is O[C@@H]1CCC[C@H]1Oc1cccc2onc(OCC3CCNCC3)c12. The Hall–Kier alpha value is -1.79. The maximum Gasteiger partial charge on any atom is 0.265 e. The van der Waals surface area contributed by atoms with Crippen LogP contribution in [0.5, 0.6) is 11.6 Å². The molecule has 2 atom stereocenters. The van der Waals surface area contributed by atoms with E-state index in [9.17, 15) is 5.11 Å². The van der Waals surface area contributed by atoms with Crippen LogP contribution in [0.15, 0.2) is 22.7 Å². The van der Waals surface area contributed by atoms with Gasteiger partial charge in [0.05, 0.1) is 12.7 Å². The van der Waals surface area contributed by atoms with E-state index < -0.39 is 6.10 Å².